The molecule has 0 radical (unpaired) electrons. The summed E-state index contributed by atoms with van der Waals surface area (Å²) in [6.45, 7) is 81.7. The molecular formula is C69H154O14. The van der Waals surface area contributed by atoms with Gasteiger partial charge in [-0.25, -0.2) is 0 Å². The molecule has 14 heteroatoms. The van der Waals surface area contributed by atoms with Crippen molar-refractivity contribution in [2.45, 2.75) is 342 Å². The highest BCUT2D eigenvalue weighted by atomic mass is 16.7. The molecule has 0 heterocycles. The van der Waals surface area contributed by atoms with Crippen molar-refractivity contribution in [1.29, 1.82) is 0 Å². The van der Waals surface area contributed by atoms with Gasteiger partial charge in [-0.1, -0.05) is 96.9 Å². The van der Waals surface area contributed by atoms with Gasteiger partial charge in [0.15, 0.2) is 5.79 Å². The molecule has 514 valence electrons. The number of hydrogen-bond donors (Lipinski definition) is 0. The van der Waals surface area contributed by atoms with Crippen LogP contribution in [0.3, 0.4) is 0 Å². The molecule has 0 unspecified atom stereocenters. The molecule has 0 aromatic rings. The molecule has 0 atom stereocenters. The van der Waals surface area contributed by atoms with Gasteiger partial charge in [0.1, 0.15) is 13.5 Å². The Morgan fingerprint density at radius 2 is 0.578 bits per heavy atom. The molecule has 0 N–H and O–H groups in total. The average molecular weight is 1210 g/mol. The van der Waals surface area contributed by atoms with Crippen LogP contribution in [0.2, 0.25) is 0 Å². The van der Waals surface area contributed by atoms with Crippen molar-refractivity contribution in [1.82, 2.24) is 0 Å². The van der Waals surface area contributed by atoms with E-state index in [2.05, 4.69) is 111 Å². The van der Waals surface area contributed by atoms with Gasteiger partial charge in [-0.2, -0.15) is 0 Å². The fraction of sp³-hybridized carbons (Fsp3) is 0.986. The van der Waals surface area contributed by atoms with Gasteiger partial charge in [0.2, 0.25) is 0 Å². The van der Waals surface area contributed by atoms with Crippen LogP contribution in [0, 0.1) is 41.4 Å². The molecule has 0 aliphatic carbocycles. The van der Waals surface area contributed by atoms with Crippen LogP contribution in [0.4, 0.5) is 0 Å². The Labute approximate surface area is 523 Å². The van der Waals surface area contributed by atoms with Crippen LogP contribution < -0.4 is 0 Å². The minimum absolute atomic E-state index is 0.00116. The van der Waals surface area contributed by atoms with Gasteiger partial charge in [-0.05, 0) is 208 Å². The first-order chi connectivity index (χ1) is 38.5. The minimum Gasteiger partial charge on any atom is -0.465 e. The van der Waals surface area contributed by atoms with Crippen LogP contribution >= 0.6 is 0 Å². The van der Waals surface area contributed by atoms with Gasteiger partial charge in [0.25, 0.3) is 0 Å². The Kier molecular flexibility index (Phi) is 80.8. The monoisotopic (exact) mass is 1210 g/mol. The van der Waals surface area contributed by atoms with Crippen LogP contribution in [-0.2, 0) is 66.4 Å². The van der Waals surface area contributed by atoms with Crippen molar-refractivity contribution in [2.24, 2.45) is 41.4 Å². The summed E-state index contributed by atoms with van der Waals surface area (Å²) in [6.07, 6.45) is 3.61. The SMILES string of the molecule is CC(C)CCOC(C)C.CC(C)COC(=O)C(C)C.CC(C)COC(C)C.CC(C)COC(C)C.CC(C)COCC(C)C.CC(C)OC(C)(C)OC(C)C.CC(C)OCCOC(C)C.CC(C)OCOC(C)C.[2H]C([2H])(OC(C)C)OC(C)C. The number of rotatable bonds is 34. The van der Waals surface area contributed by atoms with E-state index < -0.39 is 12.5 Å². The number of ether oxygens (including phenoxy) is 13. The maximum atomic E-state index is 10.8. The van der Waals surface area contributed by atoms with Crippen molar-refractivity contribution >= 4 is 5.97 Å². The summed E-state index contributed by atoms with van der Waals surface area (Å²) in [6, 6.07) is 0. The Balaban J connectivity index is -0.000000109. The van der Waals surface area contributed by atoms with Crippen molar-refractivity contribution in [3.05, 3.63) is 0 Å². The van der Waals surface area contributed by atoms with E-state index in [1.807, 2.05) is 125 Å². The highest BCUT2D eigenvalue weighted by molar-refractivity contribution is 5.71. The fourth-order valence-electron chi connectivity index (χ4n) is 4.53. The Bertz CT molecular complexity index is 1110. The first kappa shape index (κ1) is 95.6. The third kappa shape index (κ3) is 145. The van der Waals surface area contributed by atoms with Gasteiger partial charge >= 0.3 is 5.97 Å². The molecule has 0 saturated heterocycles. The van der Waals surface area contributed by atoms with E-state index >= 15 is 0 Å². The normalized spacial score (nSPS) is 12.0. The Hall–Kier alpha value is -1.01. The molecule has 0 saturated carbocycles. The van der Waals surface area contributed by atoms with Gasteiger partial charge in [0, 0.05) is 33.0 Å². The lowest BCUT2D eigenvalue weighted by molar-refractivity contribution is -0.246. The third-order valence-corrected chi connectivity index (χ3v) is 8.00. The molecule has 0 fully saturated rings. The van der Waals surface area contributed by atoms with Crippen molar-refractivity contribution in [2.75, 3.05) is 66.4 Å². The molecule has 0 amide bonds. The first-order valence-electron chi connectivity index (χ1n) is 33.2. The van der Waals surface area contributed by atoms with E-state index in [0.29, 0.717) is 86.7 Å². The van der Waals surface area contributed by atoms with Gasteiger partial charge in [0.05, 0.1) is 95.6 Å². The van der Waals surface area contributed by atoms with Gasteiger partial charge < -0.3 is 61.6 Å². The Morgan fingerprint density at radius 1 is 0.313 bits per heavy atom. The molecule has 83 heavy (non-hydrogen) atoms. The predicted octanol–water partition coefficient (Wildman–Crippen LogP) is 18.7. The van der Waals surface area contributed by atoms with Crippen LogP contribution in [-0.4, -0.2) is 145 Å². The smallest absolute Gasteiger partial charge is 0.308 e. The largest absolute Gasteiger partial charge is 0.465 e. The van der Waals surface area contributed by atoms with E-state index in [1.54, 1.807) is 27.7 Å². The van der Waals surface area contributed by atoms with Crippen molar-refractivity contribution in [3.63, 3.8) is 0 Å². The molecule has 14 nitrogen and oxygen atoms in total. The van der Waals surface area contributed by atoms with Crippen molar-refractivity contribution < 1.29 is 69.1 Å². The third-order valence-electron chi connectivity index (χ3n) is 8.00. The average Bonchev–Trinajstić information content (AvgIpc) is 3.27. The van der Waals surface area contributed by atoms with E-state index in [-0.39, 0.29) is 48.5 Å². The Morgan fingerprint density at radius 3 is 0.783 bits per heavy atom. The standard InChI is InChI=1S/C9H20O2.C8H18O2.C8H16O2.2C8H18O.2C7H16O2.2C7H16O/c1-7(2)10-9(5,6)11-8(3)4;1-7(2)9-5-6-10-8(3)4;1-6(2)5-10-8(9)7(3)4;1-7(2)5-9-6-8(3)4;1-7(2)5-6-9-8(3)4;2*1-6(2)8-5-9-7(3)4;2*1-6(2)5-8-7(3)4/h7-8H,1-6H3;7-8H,5-6H2,1-4H3;6-7H,5H2,1-4H3;2*7-8H,5-6H2,1-4H3;2*6-7H,5H2,1-4H3;2*6-7H,5H2,1-4H3/i;;;;;5D2;;;. The number of hydrogen-bond acceptors (Lipinski definition) is 14. The summed E-state index contributed by atoms with van der Waals surface area (Å²) in [5, 5.41) is 0. The predicted molar refractivity (Wildman–Crippen MR) is 357 cm³/mol. The van der Waals surface area contributed by atoms with Crippen molar-refractivity contribution in [3.8, 4) is 0 Å². The van der Waals surface area contributed by atoms with Crippen LogP contribution in [0.15, 0.2) is 0 Å². The topological polar surface area (TPSA) is 137 Å². The molecule has 0 aliphatic rings. The fourth-order valence-corrected chi connectivity index (χ4v) is 4.53. The van der Waals surface area contributed by atoms with E-state index in [1.165, 1.54) is 6.42 Å². The second-order valence-electron chi connectivity index (χ2n) is 26.7. The first-order valence-corrected chi connectivity index (χ1v) is 32.2. The lowest BCUT2D eigenvalue weighted by Gasteiger charge is -2.29. The highest BCUT2D eigenvalue weighted by Gasteiger charge is 2.21. The second-order valence-corrected chi connectivity index (χ2v) is 26.7. The van der Waals surface area contributed by atoms with Gasteiger partial charge in [-0.15, -0.1) is 0 Å². The van der Waals surface area contributed by atoms with E-state index in [9.17, 15) is 4.79 Å². The summed E-state index contributed by atoms with van der Waals surface area (Å²) < 4.78 is 82.2. The molecule has 0 spiro atoms. The highest BCUT2D eigenvalue weighted by Crippen LogP contribution is 2.16. The summed E-state index contributed by atoms with van der Waals surface area (Å²) >= 11 is 0. The van der Waals surface area contributed by atoms with Crippen LogP contribution in [0.25, 0.3) is 0 Å². The van der Waals surface area contributed by atoms with Gasteiger partial charge in [-0.3, -0.25) is 4.79 Å². The maximum Gasteiger partial charge on any atom is 0.308 e. The zero-order valence-electron chi connectivity index (χ0n) is 64.7. The molecule has 0 aliphatic heterocycles. The summed E-state index contributed by atoms with van der Waals surface area (Å²) in [5.74, 6) is 3.31. The summed E-state index contributed by atoms with van der Waals surface area (Å²) in [7, 11) is 0. The number of carbonyl (C=O) groups excluding carboxylic acids is 1. The summed E-state index contributed by atoms with van der Waals surface area (Å²) in [4.78, 5) is 10.8. The van der Waals surface area contributed by atoms with Crippen LogP contribution in [0.5, 0.6) is 0 Å². The molecule has 0 aromatic heterocycles. The molecule has 0 aromatic carbocycles. The lowest BCUT2D eigenvalue weighted by atomic mass is 10.1. The lowest BCUT2D eigenvalue weighted by Crippen LogP contribution is -2.33. The molecule has 0 bridgehead atoms. The van der Waals surface area contributed by atoms with E-state index in [0.717, 1.165) is 39.0 Å². The summed E-state index contributed by atoms with van der Waals surface area (Å²) in [5.41, 5.74) is 0. The van der Waals surface area contributed by atoms with E-state index in [4.69, 9.17) is 64.3 Å². The number of esters is 1. The zero-order chi connectivity index (χ0) is 69.2. The number of carbonyl (C=O) groups is 1. The second kappa shape index (κ2) is 70.1. The maximum absolute atomic E-state index is 10.8. The quantitative estimate of drug-likeness (QED) is 0.0343. The molecular weight excluding hydrogens is 1050 g/mol. The molecule has 0 rings (SSSR count). The zero-order valence-corrected chi connectivity index (χ0v) is 62.7. The van der Waals surface area contributed by atoms with Crippen LogP contribution in [0.1, 0.15) is 272 Å². The minimum atomic E-state index is -1.96.